The van der Waals surface area contributed by atoms with Gasteiger partial charge in [-0.25, -0.2) is 4.39 Å². The first-order chi connectivity index (χ1) is 13.1. The van der Waals surface area contributed by atoms with E-state index in [0.29, 0.717) is 15.0 Å². The molecule has 3 aromatic rings. The third-order valence-corrected chi connectivity index (χ3v) is 5.29. The molecule has 1 heterocycles. The fraction of sp³-hybridized carbons (Fsp3) is 0.0476. The molecule has 1 amide bonds. The number of rotatable bonds is 4. The molecule has 0 unspecified atom stereocenters. The van der Waals surface area contributed by atoms with Crippen molar-refractivity contribution in [2.45, 2.75) is 6.61 Å². The van der Waals surface area contributed by atoms with Crippen molar-refractivity contribution in [2.24, 2.45) is 0 Å². The quantitative estimate of drug-likeness (QED) is 0.496. The van der Waals surface area contributed by atoms with Crippen LogP contribution in [0.15, 0.2) is 65.6 Å². The number of hydrogen-bond acceptors (Lipinski definition) is 4. The summed E-state index contributed by atoms with van der Waals surface area (Å²) in [5, 5.41) is 4.62. The van der Waals surface area contributed by atoms with Gasteiger partial charge in [-0.05, 0) is 40.6 Å². The van der Waals surface area contributed by atoms with E-state index in [9.17, 15) is 9.18 Å². The lowest BCUT2D eigenvalue weighted by Gasteiger charge is -2.13. The monoisotopic (exact) mass is 395 g/mol. The minimum atomic E-state index is -0.301. The number of nitrogens with one attached hydrogen (secondary N) is 1. The van der Waals surface area contributed by atoms with Gasteiger partial charge in [0, 0.05) is 5.56 Å². The molecule has 27 heavy (non-hydrogen) atoms. The van der Waals surface area contributed by atoms with E-state index in [1.54, 1.807) is 18.2 Å². The molecule has 6 heteroatoms. The second-order valence-electron chi connectivity index (χ2n) is 5.97. The van der Waals surface area contributed by atoms with Crippen molar-refractivity contribution in [3.8, 4) is 5.75 Å². The highest BCUT2D eigenvalue weighted by molar-refractivity contribution is 8.26. The number of thioether (sulfide) groups is 1. The van der Waals surface area contributed by atoms with Crippen LogP contribution >= 0.6 is 24.0 Å². The topological polar surface area (TPSA) is 38.3 Å². The van der Waals surface area contributed by atoms with Gasteiger partial charge < -0.3 is 10.1 Å². The average Bonchev–Trinajstić information content (AvgIpc) is 2.98. The third-order valence-electron chi connectivity index (χ3n) is 4.13. The van der Waals surface area contributed by atoms with E-state index >= 15 is 0 Å². The maximum atomic E-state index is 13.4. The minimum absolute atomic E-state index is 0.214. The molecule has 0 atom stereocenters. The molecule has 134 valence electrons. The molecule has 1 fully saturated rings. The Bertz CT molecular complexity index is 1090. The molecule has 0 spiro atoms. The number of hydrogen-bond donors (Lipinski definition) is 1. The van der Waals surface area contributed by atoms with Crippen LogP contribution in [0.4, 0.5) is 4.39 Å². The molecule has 0 bridgehead atoms. The van der Waals surface area contributed by atoms with E-state index in [-0.39, 0.29) is 18.3 Å². The molecule has 0 saturated carbocycles. The average molecular weight is 395 g/mol. The van der Waals surface area contributed by atoms with E-state index in [4.69, 9.17) is 17.0 Å². The van der Waals surface area contributed by atoms with E-state index < -0.39 is 0 Å². The Hall–Kier alpha value is -2.70. The molecule has 0 aliphatic carbocycles. The summed E-state index contributed by atoms with van der Waals surface area (Å²) in [6.45, 7) is 0.226. The van der Waals surface area contributed by atoms with Gasteiger partial charge in [0.15, 0.2) is 0 Å². The second kappa shape index (κ2) is 7.50. The van der Waals surface area contributed by atoms with Gasteiger partial charge in [-0.15, -0.1) is 0 Å². The zero-order valence-electron chi connectivity index (χ0n) is 14.1. The maximum Gasteiger partial charge on any atom is 0.263 e. The number of carbonyl (C=O) groups excluding carboxylic acids is 1. The van der Waals surface area contributed by atoms with Gasteiger partial charge in [0.1, 0.15) is 22.5 Å². The van der Waals surface area contributed by atoms with E-state index in [1.807, 2.05) is 36.4 Å². The van der Waals surface area contributed by atoms with Crippen molar-refractivity contribution in [1.82, 2.24) is 5.32 Å². The zero-order chi connectivity index (χ0) is 18.8. The normalized spacial score (nSPS) is 15.4. The molecule has 1 aliphatic rings. The van der Waals surface area contributed by atoms with Crippen LogP contribution < -0.4 is 10.1 Å². The SMILES string of the molecule is O=C1NC(=S)SC1=Cc1c(OCc2cccc(F)c2)ccc2ccccc12. The smallest absolute Gasteiger partial charge is 0.263 e. The lowest BCUT2D eigenvalue weighted by atomic mass is 10.0. The molecule has 0 aromatic heterocycles. The summed E-state index contributed by atoms with van der Waals surface area (Å²) in [4.78, 5) is 12.6. The fourth-order valence-electron chi connectivity index (χ4n) is 2.89. The van der Waals surface area contributed by atoms with Gasteiger partial charge in [-0.2, -0.15) is 0 Å². The van der Waals surface area contributed by atoms with Crippen molar-refractivity contribution in [3.63, 3.8) is 0 Å². The Balaban J connectivity index is 1.75. The predicted octanol–water partition coefficient (Wildman–Crippen LogP) is 5.05. The van der Waals surface area contributed by atoms with Crippen LogP contribution in [0.1, 0.15) is 11.1 Å². The highest BCUT2D eigenvalue weighted by atomic mass is 32.2. The number of thiocarbonyl (C=S) groups is 1. The number of fused-ring (bicyclic) bond motifs is 1. The number of benzene rings is 3. The summed E-state index contributed by atoms with van der Waals surface area (Å²) >= 11 is 6.30. The third kappa shape index (κ3) is 3.86. The van der Waals surface area contributed by atoms with Crippen molar-refractivity contribution < 1.29 is 13.9 Å². The Morgan fingerprint density at radius 2 is 1.96 bits per heavy atom. The highest BCUT2D eigenvalue weighted by Gasteiger charge is 2.23. The van der Waals surface area contributed by atoms with Crippen LogP contribution in [-0.4, -0.2) is 10.2 Å². The summed E-state index contributed by atoms with van der Waals surface area (Å²) < 4.78 is 19.8. The summed E-state index contributed by atoms with van der Waals surface area (Å²) in [6.07, 6.45) is 1.79. The van der Waals surface area contributed by atoms with E-state index in [1.165, 1.54) is 23.9 Å². The number of amides is 1. The molecule has 1 saturated heterocycles. The Morgan fingerprint density at radius 3 is 2.74 bits per heavy atom. The van der Waals surface area contributed by atoms with Gasteiger partial charge in [0.25, 0.3) is 5.91 Å². The largest absolute Gasteiger partial charge is 0.488 e. The van der Waals surface area contributed by atoms with Crippen molar-refractivity contribution in [2.75, 3.05) is 0 Å². The van der Waals surface area contributed by atoms with Crippen LogP contribution in [0.25, 0.3) is 16.8 Å². The van der Waals surface area contributed by atoms with E-state index in [2.05, 4.69) is 5.32 Å². The molecular weight excluding hydrogens is 381 g/mol. The Morgan fingerprint density at radius 1 is 1.11 bits per heavy atom. The van der Waals surface area contributed by atoms with Crippen molar-refractivity contribution in [3.05, 3.63) is 82.5 Å². The zero-order valence-corrected chi connectivity index (χ0v) is 15.7. The number of halogens is 1. The first-order valence-corrected chi connectivity index (χ1v) is 9.46. The van der Waals surface area contributed by atoms with Crippen molar-refractivity contribution in [1.29, 1.82) is 0 Å². The van der Waals surface area contributed by atoms with E-state index in [0.717, 1.165) is 21.9 Å². The van der Waals surface area contributed by atoms with Gasteiger partial charge in [-0.1, -0.05) is 66.4 Å². The van der Waals surface area contributed by atoms with Gasteiger partial charge >= 0.3 is 0 Å². The first-order valence-electron chi connectivity index (χ1n) is 8.24. The highest BCUT2D eigenvalue weighted by Crippen LogP contribution is 2.34. The van der Waals surface area contributed by atoms with Gasteiger partial charge in [-0.3, -0.25) is 4.79 Å². The van der Waals surface area contributed by atoms with Crippen LogP contribution in [0.2, 0.25) is 0 Å². The lowest BCUT2D eigenvalue weighted by Crippen LogP contribution is -2.17. The van der Waals surface area contributed by atoms with Crippen LogP contribution in [0, 0.1) is 5.82 Å². The first kappa shape index (κ1) is 17.7. The lowest BCUT2D eigenvalue weighted by molar-refractivity contribution is -0.115. The molecule has 4 rings (SSSR count). The second-order valence-corrected chi connectivity index (χ2v) is 7.69. The van der Waals surface area contributed by atoms with Crippen LogP contribution in [-0.2, 0) is 11.4 Å². The molecule has 1 N–H and O–H groups in total. The molecular formula is C21H14FNO2S2. The van der Waals surface area contributed by atoms with Crippen molar-refractivity contribution >= 4 is 51.1 Å². The summed E-state index contributed by atoms with van der Waals surface area (Å²) in [6, 6.07) is 18.0. The maximum absolute atomic E-state index is 13.4. The van der Waals surface area contributed by atoms with Gasteiger partial charge in [0.2, 0.25) is 0 Å². The summed E-state index contributed by atoms with van der Waals surface area (Å²) in [7, 11) is 0. The summed E-state index contributed by atoms with van der Waals surface area (Å²) in [5.74, 6) is 0.107. The summed E-state index contributed by atoms with van der Waals surface area (Å²) in [5.41, 5.74) is 1.53. The standard InChI is InChI=1S/C21H14FNO2S2/c22-15-6-3-4-13(10-15)12-25-18-9-8-14-5-1-2-7-16(14)17(18)11-19-20(24)23-21(26)27-19/h1-11H,12H2,(H,23,24,26). The molecule has 3 aromatic carbocycles. The predicted molar refractivity (Wildman–Crippen MR) is 111 cm³/mol. The Labute approximate surface area is 165 Å². The van der Waals surface area contributed by atoms with Crippen LogP contribution in [0.3, 0.4) is 0 Å². The molecule has 0 radical (unpaired) electrons. The molecule has 1 aliphatic heterocycles. The van der Waals surface area contributed by atoms with Gasteiger partial charge in [0.05, 0.1) is 4.91 Å². The number of ether oxygens (including phenoxy) is 1. The molecule has 3 nitrogen and oxygen atoms in total. The van der Waals surface area contributed by atoms with Crippen LogP contribution in [0.5, 0.6) is 5.75 Å². The minimum Gasteiger partial charge on any atom is -0.488 e. The fourth-order valence-corrected chi connectivity index (χ4v) is 3.92. The Kier molecular flexibility index (Phi) is 4.92. The number of carbonyl (C=O) groups is 1.